The molecule has 1 atom stereocenters. The van der Waals surface area contributed by atoms with Gasteiger partial charge in [0.1, 0.15) is 0 Å². The van der Waals surface area contributed by atoms with E-state index >= 15 is 0 Å². The maximum atomic E-state index is 12.8. The van der Waals surface area contributed by atoms with Crippen LogP contribution in [0.1, 0.15) is 11.7 Å². The molecule has 3 aromatic rings. The van der Waals surface area contributed by atoms with Crippen LogP contribution >= 0.6 is 0 Å². The summed E-state index contributed by atoms with van der Waals surface area (Å²) in [4.78, 5) is 35.4. The summed E-state index contributed by atoms with van der Waals surface area (Å²) in [7, 11) is 1.46. The quantitative estimate of drug-likeness (QED) is 0.373. The molecule has 0 amide bonds. The third-order valence-electron chi connectivity index (χ3n) is 5.78. The highest BCUT2D eigenvalue weighted by Gasteiger charge is 2.33. The maximum Gasteiger partial charge on any atom is 0.361 e. The fourth-order valence-electron chi connectivity index (χ4n) is 4.07. The lowest BCUT2D eigenvalue weighted by atomic mass is 10.1. The number of aryl methyl sites for hydroxylation is 1. The Balaban J connectivity index is 1.65. The van der Waals surface area contributed by atoms with Gasteiger partial charge in [-0.05, 0) is 17.7 Å². The lowest BCUT2D eigenvalue weighted by molar-refractivity contribution is -0.385. The molecule has 0 radical (unpaired) electrons. The number of hydrogen-bond donors (Lipinski definition) is 1. The van der Waals surface area contributed by atoms with Crippen molar-refractivity contribution in [2.75, 3.05) is 37.6 Å². The molecule has 1 fully saturated rings. The Labute approximate surface area is 183 Å². The smallest absolute Gasteiger partial charge is 0.361 e. The molecule has 0 spiro atoms. The molecule has 3 heterocycles. The van der Waals surface area contributed by atoms with E-state index in [1.165, 1.54) is 17.7 Å². The topological polar surface area (TPSA) is 109 Å². The summed E-state index contributed by atoms with van der Waals surface area (Å²) in [5, 5.41) is 22.3. The molecular weight excluding hydrogens is 412 g/mol. The highest BCUT2D eigenvalue weighted by molar-refractivity contribution is 5.94. The molecule has 10 heteroatoms. The highest BCUT2D eigenvalue weighted by Crippen LogP contribution is 2.34. The van der Waals surface area contributed by atoms with E-state index in [-0.39, 0.29) is 17.0 Å². The molecular formula is C22H22N6O4. The molecule has 1 unspecified atom stereocenters. The van der Waals surface area contributed by atoms with E-state index in [2.05, 4.69) is 14.7 Å². The molecule has 2 aromatic heterocycles. The van der Waals surface area contributed by atoms with Crippen LogP contribution in [0.25, 0.3) is 15.9 Å². The van der Waals surface area contributed by atoms with Crippen molar-refractivity contribution in [1.29, 1.82) is 0 Å². The molecule has 1 saturated heterocycles. The van der Waals surface area contributed by atoms with Crippen molar-refractivity contribution >= 4 is 28.2 Å². The van der Waals surface area contributed by atoms with Crippen LogP contribution in [0.3, 0.4) is 0 Å². The Morgan fingerprint density at radius 3 is 2.50 bits per heavy atom. The van der Waals surface area contributed by atoms with Crippen LogP contribution < -0.4 is 10.5 Å². The Bertz CT molecular complexity index is 1260. The number of benzene rings is 1. The summed E-state index contributed by atoms with van der Waals surface area (Å²) in [6.07, 6.45) is -0.634. The molecule has 32 heavy (non-hydrogen) atoms. The van der Waals surface area contributed by atoms with Gasteiger partial charge >= 0.3 is 11.2 Å². The minimum Gasteiger partial charge on any atom is -0.387 e. The molecule has 1 aromatic carbocycles. The zero-order chi connectivity index (χ0) is 22.8. The van der Waals surface area contributed by atoms with Crippen LogP contribution in [0, 0.1) is 16.7 Å². The summed E-state index contributed by atoms with van der Waals surface area (Å²) in [5.74, 6) is 0.108. The van der Waals surface area contributed by atoms with Gasteiger partial charge in [-0.1, -0.05) is 36.9 Å². The first kappa shape index (κ1) is 21.4. The van der Waals surface area contributed by atoms with Gasteiger partial charge in [-0.3, -0.25) is 19.8 Å². The van der Waals surface area contributed by atoms with Gasteiger partial charge in [-0.2, -0.15) is 0 Å². The van der Waals surface area contributed by atoms with E-state index in [1.807, 2.05) is 30.3 Å². The largest absolute Gasteiger partial charge is 0.387 e. The van der Waals surface area contributed by atoms with Gasteiger partial charge in [0, 0.05) is 39.8 Å². The van der Waals surface area contributed by atoms with Crippen molar-refractivity contribution in [3.63, 3.8) is 0 Å². The molecule has 164 valence electrons. The number of piperazine rings is 1. The zero-order valence-corrected chi connectivity index (χ0v) is 17.5. The van der Waals surface area contributed by atoms with E-state index in [1.54, 1.807) is 11.0 Å². The molecule has 1 N–H and O–H groups in total. The predicted molar refractivity (Wildman–Crippen MR) is 120 cm³/mol. The van der Waals surface area contributed by atoms with Crippen LogP contribution in [-0.4, -0.2) is 57.2 Å². The Morgan fingerprint density at radius 2 is 1.88 bits per heavy atom. The second kappa shape index (κ2) is 8.74. The number of anilines is 1. The van der Waals surface area contributed by atoms with Crippen LogP contribution in [-0.2, 0) is 7.05 Å². The molecule has 1 aliphatic rings. The van der Waals surface area contributed by atoms with Crippen LogP contribution in [0.5, 0.6) is 0 Å². The summed E-state index contributed by atoms with van der Waals surface area (Å²) >= 11 is 0. The van der Waals surface area contributed by atoms with Gasteiger partial charge < -0.3 is 19.4 Å². The Kier molecular flexibility index (Phi) is 5.85. The molecule has 0 aliphatic carbocycles. The van der Waals surface area contributed by atoms with Crippen molar-refractivity contribution in [1.82, 2.24) is 14.5 Å². The number of hydrogen-bond acceptors (Lipinski definition) is 7. The molecule has 1 aliphatic heterocycles. The van der Waals surface area contributed by atoms with Gasteiger partial charge in [0.25, 0.3) is 5.82 Å². The van der Waals surface area contributed by atoms with Crippen molar-refractivity contribution in [2.45, 2.75) is 6.10 Å². The molecule has 0 bridgehead atoms. The number of fused-ring (bicyclic) bond motifs is 1. The average molecular weight is 434 g/mol. The monoisotopic (exact) mass is 434 g/mol. The van der Waals surface area contributed by atoms with Crippen molar-refractivity contribution in [3.05, 3.63) is 79.9 Å². The first-order valence-corrected chi connectivity index (χ1v) is 10.2. The van der Waals surface area contributed by atoms with Gasteiger partial charge in [-0.25, -0.2) is 0 Å². The van der Waals surface area contributed by atoms with Crippen LogP contribution in [0.2, 0.25) is 0 Å². The SMILES string of the molecule is [C-]#[N+]c1ccc2c(n1)c(N1CCN(CC(O)c3ccccc3)CC1)c([N+](=O)[O-])c(=O)n2C. The summed E-state index contributed by atoms with van der Waals surface area (Å²) in [6.45, 7) is 9.65. The minimum absolute atomic E-state index is 0.108. The van der Waals surface area contributed by atoms with Crippen molar-refractivity contribution in [2.24, 2.45) is 7.05 Å². The third kappa shape index (κ3) is 3.91. The molecule has 0 saturated carbocycles. The summed E-state index contributed by atoms with van der Waals surface area (Å²) in [6, 6.07) is 12.5. The number of aromatic nitrogens is 2. The standard InChI is InChI=1S/C22H22N6O4/c1-23-18-9-8-16-19(24-18)20(21(28(31)32)22(30)25(16)2)27-12-10-26(11-13-27)14-17(29)15-6-4-3-5-7-15/h3-9,17,29H,10-14H2,2H3. The lowest BCUT2D eigenvalue weighted by Crippen LogP contribution is -2.48. The second-order valence-corrected chi connectivity index (χ2v) is 7.68. The summed E-state index contributed by atoms with van der Waals surface area (Å²) in [5.41, 5.74) is 0.444. The van der Waals surface area contributed by atoms with Gasteiger partial charge in [-0.15, -0.1) is 4.98 Å². The minimum atomic E-state index is -0.711. The van der Waals surface area contributed by atoms with E-state index in [0.29, 0.717) is 38.2 Å². The molecule has 4 rings (SSSR count). The Morgan fingerprint density at radius 1 is 1.19 bits per heavy atom. The van der Waals surface area contributed by atoms with Crippen LogP contribution in [0.15, 0.2) is 47.3 Å². The number of rotatable bonds is 5. The number of β-amino-alcohol motifs (C(OH)–C–C–N with tert-alkyl or cyclic N) is 1. The van der Waals surface area contributed by atoms with Crippen molar-refractivity contribution < 1.29 is 10.0 Å². The average Bonchev–Trinajstić information content (AvgIpc) is 2.81. The first-order valence-electron chi connectivity index (χ1n) is 10.2. The number of aliphatic hydroxyl groups is 1. The first-order chi connectivity index (χ1) is 15.4. The number of pyridine rings is 2. The van der Waals surface area contributed by atoms with Crippen LogP contribution in [0.4, 0.5) is 17.2 Å². The maximum absolute atomic E-state index is 12.8. The van der Waals surface area contributed by atoms with Gasteiger partial charge in [0.15, 0.2) is 5.69 Å². The number of nitro groups is 1. The van der Waals surface area contributed by atoms with E-state index in [0.717, 1.165) is 5.56 Å². The summed E-state index contributed by atoms with van der Waals surface area (Å²) < 4.78 is 1.20. The van der Waals surface area contributed by atoms with E-state index < -0.39 is 22.3 Å². The fourth-order valence-corrected chi connectivity index (χ4v) is 4.07. The predicted octanol–water partition coefficient (Wildman–Crippen LogP) is 2.25. The third-order valence-corrected chi connectivity index (χ3v) is 5.78. The number of aliphatic hydroxyl groups excluding tert-OH is 1. The van der Waals surface area contributed by atoms with Gasteiger partial charge in [0.2, 0.25) is 5.52 Å². The van der Waals surface area contributed by atoms with Gasteiger partial charge in [0.05, 0.1) is 16.5 Å². The van der Waals surface area contributed by atoms with E-state index in [4.69, 9.17) is 6.57 Å². The lowest BCUT2D eigenvalue weighted by Gasteiger charge is -2.36. The Hall–Kier alpha value is -3.81. The van der Waals surface area contributed by atoms with E-state index in [9.17, 15) is 20.0 Å². The fraction of sp³-hybridized carbons (Fsp3) is 0.318. The second-order valence-electron chi connectivity index (χ2n) is 7.68. The van der Waals surface area contributed by atoms with Crippen molar-refractivity contribution in [3.8, 4) is 0 Å². The zero-order valence-electron chi connectivity index (χ0n) is 17.5. The highest BCUT2D eigenvalue weighted by atomic mass is 16.6. The molecule has 10 nitrogen and oxygen atoms in total. The normalized spacial score (nSPS) is 15.5. The number of nitrogens with zero attached hydrogens (tertiary/aromatic N) is 6.